The lowest BCUT2D eigenvalue weighted by Gasteiger charge is -2.08. The van der Waals surface area contributed by atoms with Gasteiger partial charge in [0.1, 0.15) is 5.65 Å². The molecule has 6 heteroatoms. The van der Waals surface area contributed by atoms with E-state index in [4.69, 9.17) is 0 Å². The highest BCUT2D eigenvalue weighted by molar-refractivity contribution is 7.92. The van der Waals surface area contributed by atoms with Crippen LogP contribution in [0, 0.1) is 0 Å². The number of rotatable bonds is 5. The van der Waals surface area contributed by atoms with Crippen molar-refractivity contribution in [2.45, 2.75) is 0 Å². The van der Waals surface area contributed by atoms with Crippen LogP contribution in [0.3, 0.4) is 0 Å². The SMILES string of the molecule is C=CCS(=O)(=O)Nc1ccc(-c2ccnc3[nH]ccc23)cc1. The van der Waals surface area contributed by atoms with Gasteiger partial charge in [-0.05, 0) is 35.4 Å². The summed E-state index contributed by atoms with van der Waals surface area (Å²) in [4.78, 5) is 7.33. The summed E-state index contributed by atoms with van der Waals surface area (Å²) in [5, 5.41) is 1.03. The van der Waals surface area contributed by atoms with Crippen molar-refractivity contribution in [1.29, 1.82) is 0 Å². The second kappa shape index (κ2) is 5.65. The van der Waals surface area contributed by atoms with Crippen LogP contribution in [0.1, 0.15) is 0 Å². The smallest absolute Gasteiger partial charge is 0.236 e. The summed E-state index contributed by atoms with van der Waals surface area (Å²) in [6.45, 7) is 3.44. The minimum Gasteiger partial charge on any atom is -0.346 e. The molecule has 0 amide bonds. The highest BCUT2D eigenvalue weighted by Crippen LogP contribution is 2.28. The summed E-state index contributed by atoms with van der Waals surface area (Å²) in [6, 6.07) is 11.2. The molecule has 3 aromatic rings. The van der Waals surface area contributed by atoms with Crippen LogP contribution in [0.25, 0.3) is 22.2 Å². The molecule has 112 valence electrons. The molecular weight excluding hydrogens is 298 g/mol. The van der Waals surface area contributed by atoms with Crippen molar-refractivity contribution in [2.24, 2.45) is 0 Å². The molecule has 0 unspecified atom stereocenters. The van der Waals surface area contributed by atoms with Gasteiger partial charge in [0.2, 0.25) is 10.0 Å². The van der Waals surface area contributed by atoms with E-state index in [-0.39, 0.29) is 5.75 Å². The summed E-state index contributed by atoms with van der Waals surface area (Å²) < 4.78 is 25.9. The third kappa shape index (κ3) is 2.87. The Bertz CT molecular complexity index is 912. The van der Waals surface area contributed by atoms with E-state index < -0.39 is 10.0 Å². The third-order valence-corrected chi connectivity index (χ3v) is 4.49. The molecule has 0 saturated heterocycles. The number of benzene rings is 1. The minimum atomic E-state index is -3.37. The molecule has 1 aromatic carbocycles. The topological polar surface area (TPSA) is 74.8 Å². The van der Waals surface area contributed by atoms with Gasteiger partial charge in [-0.25, -0.2) is 13.4 Å². The predicted octanol–water partition coefficient (Wildman–Crippen LogP) is 3.16. The Labute approximate surface area is 128 Å². The number of sulfonamides is 1. The van der Waals surface area contributed by atoms with Gasteiger partial charge in [0.05, 0.1) is 5.75 Å². The number of pyridine rings is 1. The zero-order valence-electron chi connectivity index (χ0n) is 11.8. The average Bonchev–Trinajstić information content (AvgIpc) is 2.96. The van der Waals surface area contributed by atoms with Crippen LogP contribution in [0.5, 0.6) is 0 Å². The third-order valence-electron chi connectivity index (χ3n) is 3.27. The van der Waals surface area contributed by atoms with Crippen LogP contribution in [0.2, 0.25) is 0 Å². The fourth-order valence-corrected chi connectivity index (χ4v) is 3.20. The fraction of sp³-hybridized carbons (Fsp3) is 0.0625. The van der Waals surface area contributed by atoms with E-state index >= 15 is 0 Å². The molecule has 0 atom stereocenters. The molecule has 0 aliphatic heterocycles. The Hall–Kier alpha value is -2.60. The maximum Gasteiger partial charge on any atom is 0.236 e. The lowest BCUT2D eigenvalue weighted by atomic mass is 10.0. The fourth-order valence-electron chi connectivity index (χ4n) is 2.31. The number of nitrogens with one attached hydrogen (secondary N) is 2. The number of H-pyrrole nitrogens is 1. The van der Waals surface area contributed by atoms with E-state index in [1.165, 1.54) is 6.08 Å². The normalized spacial score (nSPS) is 11.5. The lowest BCUT2D eigenvalue weighted by Crippen LogP contribution is -2.14. The Kier molecular flexibility index (Phi) is 3.68. The molecule has 2 aromatic heterocycles. The number of hydrogen-bond acceptors (Lipinski definition) is 3. The van der Waals surface area contributed by atoms with Crippen molar-refractivity contribution < 1.29 is 8.42 Å². The summed E-state index contributed by atoms with van der Waals surface area (Å²) in [6.07, 6.45) is 4.95. The van der Waals surface area contributed by atoms with E-state index in [1.807, 2.05) is 30.5 Å². The molecule has 2 heterocycles. The molecule has 0 aliphatic carbocycles. The zero-order valence-corrected chi connectivity index (χ0v) is 12.6. The number of hydrogen-bond donors (Lipinski definition) is 2. The van der Waals surface area contributed by atoms with Gasteiger partial charge >= 0.3 is 0 Å². The van der Waals surface area contributed by atoms with Crippen molar-refractivity contribution >= 4 is 26.7 Å². The second-order valence-corrected chi connectivity index (χ2v) is 6.61. The molecule has 22 heavy (non-hydrogen) atoms. The zero-order chi connectivity index (χ0) is 15.6. The lowest BCUT2D eigenvalue weighted by molar-refractivity contribution is 0.604. The molecule has 0 spiro atoms. The first kappa shape index (κ1) is 14.3. The van der Waals surface area contributed by atoms with Crippen LogP contribution in [0.4, 0.5) is 5.69 Å². The van der Waals surface area contributed by atoms with Crippen molar-refractivity contribution in [2.75, 3.05) is 10.5 Å². The Balaban J connectivity index is 1.92. The largest absolute Gasteiger partial charge is 0.346 e. The van der Waals surface area contributed by atoms with Crippen LogP contribution >= 0.6 is 0 Å². The van der Waals surface area contributed by atoms with Gasteiger partial charge in [0.15, 0.2) is 0 Å². The number of anilines is 1. The molecular formula is C16H15N3O2S. The van der Waals surface area contributed by atoms with Gasteiger partial charge in [-0.2, -0.15) is 0 Å². The van der Waals surface area contributed by atoms with Gasteiger partial charge in [0, 0.05) is 23.5 Å². The summed E-state index contributed by atoms with van der Waals surface area (Å²) >= 11 is 0. The highest BCUT2D eigenvalue weighted by atomic mass is 32.2. The van der Waals surface area contributed by atoms with Gasteiger partial charge in [0.25, 0.3) is 0 Å². The molecule has 0 fully saturated rings. The summed E-state index contributed by atoms with van der Waals surface area (Å²) in [7, 11) is -3.37. The number of aromatic nitrogens is 2. The maximum absolute atomic E-state index is 11.7. The monoisotopic (exact) mass is 313 g/mol. The van der Waals surface area contributed by atoms with Crippen molar-refractivity contribution in [3.8, 4) is 11.1 Å². The predicted molar refractivity (Wildman–Crippen MR) is 89.1 cm³/mol. The molecule has 2 N–H and O–H groups in total. The average molecular weight is 313 g/mol. The van der Waals surface area contributed by atoms with E-state index in [1.54, 1.807) is 18.3 Å². The molecule has 3 rings (SSSR count). The summed E-state index contributed by atoms with van der Waals surface area (Å²) in [5.74, 6) is -0.108. The van der Waals surface area contributed by atoms with Gasteiger partial charge in [-0.3, -0.25) is 4.72 Å². The van der Waals surface area contributed by atoms with E-state index in [2.05, 4.69) is 21.3 Å². The first-order valence-corrected chi connectivity index (χ1v) is 8.38. The second-order valence-electron chi connectivity index (χ2n) is 4.85. The molecule has 0 aliphatic rings. The number of fused-ring (bicyclic) bond motifs is 1. The first-order chi connectivity index (χ1) is 10.6. The highest BCUT2D eigenvalue weighted by Gasteiger charge is 2.09. The summed E-state index contributed by atoms with van der Waals surface area (Å²) in [5.41, 5.74) is 3.41. The number of aromatic amines is 1. The molecule has 0 bridgehead atoms. The molecule has 5 nitrogen and oxygen atoms in total. The van der Waals surface area contributed by atoms with Gasteiger partial charge in [-0.15, -0.1) is 6.58 Å². The van der Waals surface area contributed by atoms with Crippen LogP contribution < -0.4 is 4.72 Å². The Morgan fingerprint density at radius 1 is 1.18 bits per heavy atom. The van der Waals surface area contributed by atoms with Crippen LogP contribution in [-0.2, 0) is 10.0 Å². The Morgan fingerprint density at radius 2 is 1.95 bits per heavy atom. The van der Waals surface area contributed by atoms with Crippen molar-refractivity contribution in [3.63, 3.8) is 0 Å². The van der Waals surface area contributed by atoms with Crippen LogP contribution in [-0.4, -0.2) is 24.1 Å². The molecule has 0 radical (unpaired) electrons. The first-order valence-electron chi connectivity index (χ1n) is 6.73. The molecule has 0 saturated carbocycles. The van der Waals surface area contributed by atoms with E-state index in [0.717, 1.165) is 22.2 Å². The van der Waals surface area contributed by atoms with E-state index in [9.17, 15) is 8.42 Å². The number of nitrogens with zero attached hydrogens (tertiary/aromatic N) is 1. The quantitative estimate of drug-likeness (QED) is 0.711. The van der Waals surface area contributed by atoms with E-state index in [0.29, 0.717) is 5.69 Å². The standard InChI is InChI=1S/C16H15N3O2S/c1-2-11-22(20,21)19-13-5-3-12(4-6-13)14-7-9-17-16-15(14)8-10-18-16/h2-10,19H,1,11H2,(H,17,18). The van der Waals surface area contributed by atoms with Crippen molar-refractivity contribution in [1.82, 2.24) is 9.97 Å². The van der Waals surface area contributed by atoms with Crippen LogP contribution in [0.15, 0.2) is 61.4 Å². The van der Waals surface area contributed by atoms with Crippen molar-refractivity contribution in [3.05, 3.63) is 61.4 Å². The Morgan fingerprint density at radius 3 is 2.68 bits per heavy atom. The maximum atomic E-state index is 11.7. The minimum absolute atomic E-state index is 0.108. The van der Waals surface area contributed by atoms with Gasteiger partial charge < -0.3 is 4.98 Å². The van der Waals surface area contributed by atoms with Gasteiger partial charge in [-0.1, -0.05) is 18.2 Å².